The number of para-hydroxylation sites is 4. The lowest BCUT2D eigenvalue weighted by atomic mass is 9.86. The number of benzene rings is 11. The average Bonchev–Trinajstić information content (AvgIpc) is 3.33. The molecule has 0 unspecified atom stereocenters. The molecular formula is C74H54N4O2. The molecule has 0 aliphatic rings. The maximum Gasteiger partial charge on any atom is 0.137 e. The molecule has 11 aromatic carbocycles. The highest BCUT2D eigenvalue weighted by atomic mass is 16.3. The summed E-state index contributed by atoms with van der Waals surface area (Å²) in [6.45, 7) is 13.9. The minimum Gasteiger partial charge on any atom is -0.456 e. The van der Waals surface area contributed by atoms with E-state index in [0.717, 1.165) is 78.0 Å². The second-order valence-electron chi connectivity index (χ2n) is 24.1. The number of rotatable bonds is 6. The summed E-state index contributed by atoms with van der Waals surface area (Å²) < 4.78 is 18.3. The molecule has 0 aliphatic carbocycles. The summed E-state index contributed by atoms with van der Waals surface area (Å²) in [5.41, 5.74) is 19.7. The molecule has 0 saturated carbocycles. The van der Waals surface area contributed by atoms with Crippen molar-refractivity contribution in [2.45, 2.75) is 52.4 Å². The van der Waals surface area contributed by atoms with Gasteiger partial charge < -0.3 is 27.4 Å². The molecule has 0 fully saturated rings. The van der Waals surface area contributed by atoms with Crippen molar-refractivity contribution in [3.05, 3.63) is 230 Å². The quantitative estimate of drug-likeness (QED) is 0.166. The Morgan fingerprint density at radius 2 is 0.675 bits per heavy atom. The summed E-state index contributed by atoms with van der Waals surface area (Å²) in [5.74, 6) is 0. The van der Waals surface area contributed by atoms with E-state index in [0.29, 0.717) is 0 Å². The SMILES string of the molecule is CC(C)(C)c1ccc2c(c1)c1c(N(c3ccccc3)c3ccc4c(c3)oc3ccccc34)ccc3c4cc5c(cc4n2c31)c1ccc(N(c2ccccc2)c2ccc3c(c2)oc2ccccc23)c2c3cc(C(C)(C)C)ccc3n5c12. The molecule has 0 aliphatic heterocycles. The molecule has 0 N–H and O–H groups in total. The van der Waals surface area contributed by atoms with Gasteiger partial charge in [-0.05, 0) is 131 Å². The second kappa shape index (κ2) is 15.9. The van der Waals surface area contributed by atoms with E-state index in [-0.39, 0.29) is 10.8 Å². The van der Waals surface area contributed by atoms with E-state index in [4.69, 9.17) is 8.83 Å². The number of anilines is 6. The molecule has 6 heterocycles. The number of nitrogens with zero attached hydrogens (tertiary/aromatic N) is 4. The number of furan rings is 2. The molecule has 0 atom stereocenters. The van der Waals surface area contributed by atoms with Crippen molar-refractivity contribution < 1.29 is 8.83 Å². The smallest absolute Gasteiger partial charge is 0.137 e. The van der Waals surface area contributed by atoms with Gasteiger partial charge in [-0.3, -0.25) is 0 Å². The predicted octanol–water partition coefficient (Wildman–Crippen LogP) is 21.3. The first-order valence-electron chi connectivity index (χ1n) is 27.9. The van der Waals surface area contributed by atoms with Crippen LogP contribution in [0.25, 0.3) is 120 Å². The Kier molecular flexibility index (Phi) is 9.01. The van der Waals surface area contributed by atoms with Crippen LogP contribution in [0.3, 0.4) is 0 Å². The lowest BCUT2D eigenvalue weighted by Crippen LogP contribution is -2.11. The molecule has 17 rings (SSSR count). The molecule has 0 amide bonds. The van der Waals surface area contributed by atoms with Crippen LogP contribution >= 0.6 is 0 Å². The fraction of sp³-hybridized carbons (Fsp3) is 0.108. The van der Waals surface area contributed by atoms with Gasteiger partial charge in [0, 0.05) is 99.5 Å². The van der Waals surface area contributed by atoms with Crippen molar-refractivity contribution in [2.24, 2.45) is 0 Å². The Labute approximate surface area is 461 Å². The zero-order chi connectivity index (χ0) is 53.5. The highest BCUT2D eigenvalue weighted by Crippen LogP contribution is 2.53. The number of aromatic nitrogens is 2. The highest BCUT2D eigenvalue weighted by molar-refractivity contribution is 6.32. The van der Waals surface area contributed by atoms with E-state index in [1.54, 1.807) is 0 Å². The molecule has 6 aromatic heterocycles. The Morgan fingerprint density at radius 1 is 0.287 bits per heavy atom. The molecule has 6 heteroatoms. The van der Waals surface area contributed by atoms with Crippen LogP contribution in [0.2, 0.25) is 0 Å². The van der Waals surface area contributed by atoms with E-state index >= 15 is 0 Å². The predicted molar refractivity (Wildman–Crippen MR) is 337 cm³/mol. The zero-order valence-electron chi connectivity index (χ0n) is 45.4. The van der Waals surface area contributed by atoms with Crippen LogP contribution in [-0.4, -0.2) is 8.80 Å². The molecule has 0 bridgehead atoms. The van der Waals surface area contributed by atoms with E-state index < -0.39 is 0 Å². The minimum atomic E-state index is -0.0631. The van der Waals surface area contributed by atoms with Gasteiger partial charge in [-0.1, -0.05) is 139 Å². The Hall–Kier alpha value is -9.78. The minimum absolute atomic E-state index is 0.0631. The summed E-state index contributed by atoms with van der Waals surface area (Å²) >= 11 is 0. The van der Waals surface area contributed by atoms with E-state index in [1.165, 1.54) is 87.3 Å². The van der Waals surface area contributed by atoms with Crippen LogP contribution in [0.1, 0.15) is 52.7 Å². The summed E-state index contributed by atoms with van der Waals surface area (Å²) in [4.78, 5) is 4.86. The first kappa shape index (κ1) is 45.3. The Balaban J connectivity index is 0.955. The lowest BCUT2D eigenvalue weighted by Gasteiger charge is -2.26. The highest BCUT2D eigenvalue weighted by Gasteiger charge is 2.30. The van der Waals surface area contributed by atoms with Crippen molar-refractivity contribution in [2.75, 3.05) is 9.80 Å². The second-order valence-corrected chi connectivity index (χ2v) is 24.1. The van der Waals surface area contributed by atoms with Gasteiger partial charge in [0.25, 0.3) is 0 Å². The third-order valence-electron chi connectivity index (χ3n) is 17.4. The Bertz CT molecular complexity index is 5050. The van der Waals surface area contributed by atoms with Crippen LogP contribution in [0.15, 0.2) is 227 Å². The molecule has 382 valence electrons. The third kappa shape index (κ3) is 6.24. The molecule has 17 aromatic rings. The van der Waals surface area contributed by atoms with Crippen LogP contribution in [-0.2, 0) is 10.8 Å². The van der Waals surface area contributed by atoms with E-state index in [2.05, 4.69) is 266 Å². The number of hydrogen-bond donors (Lipinski definition) is 0. The monoisotopic (exact) mass is 1030 g/mol. The van der Waals surface area contributed by atoms with E-state index in [9.17, 15) is 0 Å². The standard InChI is InChI=1S/C74H54N4O2/c1-73(2,3)43-25-33-59-57(37-43)69-61(75(45-17-9-7-10-18-45)47-27-29-51-49-21-13-15-23-65(49)79-67(51)39-47)35-31-53-55-42-64-56(41-63(55)77(59)71(53)69)54-32-36-62(70-58-38-44(74(4,5)6)26-34-60(58)78(64)72(54)70)76(46-19-11-8-12-20-46)48-28-30-52-50-22-14-16-24-66(50)80-68(52)40-48/h7-42H,1-6H3. The Morgan fingerprint density at radius 3 is 1.10 bits per heavy atom. The summed E-state index contributed by atoms with van der Waals surface area (Å²) in [5, 5.41) is 14.3. The fourth-order valence-corrected chi connectivity index (χ4v) is 13.6. The van der Waals surface area contributed by atoms with Gasteiger partial charge in [-0.2, -0.15) is 0 Å². The average molecular weight is 1030 g/mol. The number of hydrogen-bond acceptors (Lipinski definition) is 4. The van der Waals surface area contributed by atoms with Gasteiger partial charge in [0.2, 0.25) is 0 Å². The van der Waals surface area contributed by atoms with Crippen LogP contribution in [0.4, 0.5) is 34.1 Å². The topological polar surface area (TPSA) is 41.6 Å². The van der Waals surface area contributed by atoms with Crippen LogP contribution in [0, 0.1) is 0 Å². The van der Waals surface area contributed by atoms with Crippen molar-refractivity contribution in [3.8, 4) is 0 Å². The van der Waals surface area contributed by atoms with Crippen molar-refractivity contribution in [3.63, 3.8) is 0 Å². The van der Waals surface area contributed by atoms with Gasteiger partial charge in [0.1, 0.15) is 22.3 Å². The summed E-state index contributed by atoms with van der Waals surface area (Å²) in [6, 6.07) is 80.5. The maximum absolute atomic E-state index is 6.57. The fourth-order valence-electron chi connectivity index (χ4n) is 13.6. The molecule has 0 spiro atoms. The first-order valence-corrected chi connectivity index (χ1v) is 27.9. The summed E-state index contributed by atoms with van der Waals surface area (Å²) in [6.07, 6.45) is 0. The largest absolute Gasteiger partial charge is 0.456 e. The van der Waals surface area contributed by atoms with Crippen molar-refractivity contribution in [1.82, 2.24) is 8.80 Å². The lowest BCUT2D eigenvalue weighted by molar-refractivity contribution is 0.591. The van der Waals surface area contributed by atoms with E-state index in [1.807, 2.05) is 12.1 Å². The third-order valence-corrected chi connectivity index (χ3v) is 17.4. The molecule has 0 radical (unpaired) electrons. The molecule has 0 saturated heterocycles. The molecule has 80 heavy (non-hydrogen) atoms. The van der Waals surface area contributed by atoms with Gasteiger partial charge >= 0.3 is 0 Å². The molecular weight excluding hydrogens is 977 g/mol. The zero-order valence-corrected chi connectivity index (χ0v) is 45.4. The van der Waals surface area contributed by atoms with Crippen LogP contribution < -0.4 is 9.80 Å². The maximum atomic E-state index is 6.57. The van der Waals surface area contributed by atoms with Gasteiger partial charge in [0.05, 0.1) is 44.5 Å². The summed E-state index contributed by atoms with van der Waals surface area (Å²) in [7, 11) is 0. The van der Waals surface area contributed by atoms with Gasteiger partial charge in [-0.15, -0.1) is 0 Å². The normalized spacial score (nSPS) is 12.9. The van der Waals surface area contributed by atoms with Crippen molar-refractivity contribution in [1.29, 1.82) is 0 Å². The first-order chi connectivity index (χ1) is 38.9. The number of fused-ring (bicyclic) bond motifs is 18. The van der Waals surface area contributed by atoms with Gasteiger partial charge in [-0.25, -0.2) is 0 Å². The van der Waals surface area contributed by atoms with Crippen molar-refractivity contribution >= 4 is 154 Å². The molecule has 6 nitrogen and oxygen atoms in total. The van der Waals surface area contributed by atoms with Gasteiger partial charge in [0.15, 0.2) is 0 Å². The van der Waals surface area contributed by atoms with Crippen LogP contribution in [0.5, 0.6) is 0 Å².